The summed E-state index contributed by atoms with van der Waals surface area (Å²) in [5, 5.41) is 0.718. The molecule has 0 saturated heterocycles. The Kier molecular flexibility index (Phi) is 5.96. The van der Waals surface area contributed by atoms with Crippen LogP contribution < -0.4 is 14.2 Å². The number of aliphatic imine (C=N–C) groups is 1. The molecule has 0 amide bonds. The van der Waals surface area contributed by atoms with Gasteiger partial charge in [-0.15, -0.1) is 0 Å². The molecule has 1 aliphatic heterocycles. The van der Waals surface area contributed by atoms with Gasteiger partial charge in [0.05, 0.1) is 26.0 Å². The summed E-state index contributed by atoms with van der Waals surface area (Å²) < 4.78 is 48.2. The van der Waals surface area contributed by atoms with Crippen molar-refractivity contribution in [1.29, 1.82) is 0 Å². The van der Waals surface area contributed by atoms with E-state index >= 15 is 0 Å². The average Bonchev–Trinajstić information content (AvgIpc) is 3.29. The molecule has 0 unspecified atom stereocenters. The highest BCUT2D eigenvalue weighted by atomic mass is 19.3. The van der Waals surface area contributed by atoms with Crippen molar-refractivity contribution in [2.24, 2.45) is 4.99 Å². The summed E-state index contributed by atoms with van der Waals surface area (Å²) in [6.07, 6.45) is 4.40. The van der Waals surface area contributed by atoms with Crippen molar-refractivity contribution in [2.45, 2.75) is 64.0 Å². The van der Waals surface area contributed by atoms with Crippen molar-refractivity contribution < 1.29 is 27.4 Å². The maximum absolute atomic E-state index is 13.1. The van der Waals surface area contributed by atoms with E-state index in [4.69, 9.17) is 23.6 Å². The molecule has 0 bridgehead atoms. The van der Waals surface area contributed by atoms with Gasteiger partial charge in [-0.3, -0.25) is 4.99 Å². The Morgan fingerprint density at radius 3 is 2.38 bits per heavy atom. The predicted molar refractivity (Wildman–Crippen MR) is 127 cm³/mol. The van der Waals surface area contributed by atoms with Gasteiger partial charge in [0, 0.05) is 28.3 Å². The first-order chi connectivity index (χ1) is 16.4. The Hall–Kier alpha value is -3.09. The van der Waals surface area contributed by atoms with E-state index in [1.54, 1.807) is 20.3 Å². The van der Waals surface area contributed by atoms with E-state index in [2.05, 4.69) is 6.07 Å². The minimum absolute atomic E-state index is 0.0279. The van der Waals surface area contributed by atoms with Crippen LogP contribution in [-0.2, 0) is 0 Å². The highest BCUT2D eigenvalue weighted by Gasteiger charge is 2.35. The standard InChI is InChI=1S/C27H29F2NO4/c1-14(2)22-13-19-16(9-10-21(26(19)33-22)34-27(28)29)25-18-12-24(32-4)23(31-3)11-17(18)15-7-5-6-8-20(15)30-25/h9-15,20,27H,5-8H2,1-4H3/t15-,20-/m0/s1. The number of alkyl halides is 2. The Bertz CT molecular complexity index is 1250. The topological polar surface area (TPSA) is 53.2 Å². The first-order valence-corrected chi connectivity index (χ1v) is 11.8. The Balaban J connectivity index is 1.75. The molecule has 1 aromatic heterocycles. The van der Waals surface area contributed by atoms with E-state index in [1.165, 1.54) is 12.0 Å². The molecule has 34 heavy (non-hydrogen) atoms. The molecule has 1 fully saturated rings. The van der Waals surface area contributed by atoms with Crippen molar-refractivity contribution in [3.8, 4) is 17.2 Å². The van der Waals surface area contributed by atoms with E-state index in [0.29, 0.717) is 28.8 Å². The molecule has 180 valence electrons. The summed E-state index contributed by atoms with van der Waals surface area (Å²) in [5.74, 6) is 2.48. The molecule has 3 aromatic rings. The van der Waals surface area contributed by atoms with Crippen molar-refractivity contribution >= 4 is 16.7 Å². The highest BCUT2D eigenvalue weighted by molar-refractivity contribution is 6.21. The van der Waals surface area contributed by atoms with Gasteiger partial charge in [0.15, 0.2) is 22.8 Å². The Morgan fingerprint density at radius 1 is 0.941 bits per heavy atom. The van der Waals surface area contributed by atoms with E-state index < -0.39 is 6.61 Å². The van der Waals surface area contributed by atoms with Crippen molar-refractivity contribution in [3.05, 3.63) is 52.8 Å². The maximum Gasteiger partial charge on any atom is 0.387 e. The van der Waals surface area contributed by atoms with Crippen LogP contribution in [0.4, 0.5) is 8.78 Å². The summed E-state index contributed by atoms with van der Waals surface area (Å²) in [5.41, 5.74) is 4.16. The zero-order chi connectivity index (χ0) is 24.0. The zero-order valence-electron chi connectivity index (χ0n) is 19.9. The number of hydrogen-bond acceptors (Lipinski definition) is 5. The molecule has 0 radical (unpaired) electrons. The van der Waals surface area contributed by atoms with Gasteiger partial charge in [0.1, 0.15) is 5.76 Å². The van der Waals surface area contributed by atoms with Gasteiger partial charge in [-0.1, -0.05) is 26.7 Å². The van der Waals surface area contributed by atoms with Gasteiger partial charge in [0.25, 0.3) is 0 Å². The third-order valence-electron chi connectivity index (χ3n) is 6.94. The first kappa shape index (κ1) is 22.7. The second-order valence-electron chi connectivity index (χ2n) is 9.27. The largest absolute Gasteiger partial charge is 0.493 e. The zero-order valence-corrected chi connectivity index (χ0v) is 19.9. The van der Waals surface area contributed by atoms with Crippen LogP contribution in [-0.4, -0.2) is 32.6 Å². The molecule has 2 aliphatic rings. The van der Waals surface area contributed by atoms with Crippen LogP contribution in [0.5, 0.6) is 17.2 Å². The molecule has 5 nitrogen and oxygen atoms in total. The lowest BCUT2D eigenvalue weighted by Gasteiger charge is -2.36. The minimum atomic E-state index is -2.94. The molecule has 7 heteroatoms. The number of rotatable bonds is 6. The van der Waals surface area contributed by atoms with E-state index in [0.717, 1.165) is 41.5 Å². The van der Waals surface area contributed by atoms with Crippen molar-refractivity contribution in [2.75, 3.05) is 14.2 Å². The molecular weight excluding hydrogens is 440 g/mol. The third-order valence-corrected chi connectivity index (χ3v) is 6.94. The molecule has 1 aliphatic carbocycles. The van der Waals surface area contributed by atoms with Crippen molar-refractivity contribution in [3.63, 3.8) is 0 Å². The van der Waals surface area contributed by atoms with Crippen LogP contribution in [0.25, 0.3) is 11.0 Å². The number of halogens is 2. The van der Waals surface area contributed by atoms with Crippen LogP contribution in [0.1, 0.15) is 73.8 Å². The van der Waals surface area contributed by atoms with Gasteiger partial charge in [-0.25, -0.2) is 0 Å². The molecule has 2 heterocycles. The lowest BCUT2D eigenvalue weighted by Crippen LogP contribution is -2.29. The summed E-state index contributed by atoms with van der Waals surface area (Å²) in [6, 6.07) is 9.50. The Morgan fingerprint density at radius 2 is 1.68 bits per heavy atom. The smallest absolute Gasteiger partial charge is 0.387 e. The molecule has 2 aromatic carbocycles. The highest BCUT2D eigenvalue weighted by Crippen LogP contribution is 2.46. The van der Waals surface area contributed by atoms with Gasteiger partial charge >= 0.3 is 6.61 Å². The summed E-state index contributed by atoms with van der Waals surface area (Å²) in [7, 11) is 3.26. The number of furan rings is 1. The minimum Gasteiger partial charge on any atom is -0.493 e. The molecule has 5 rings (SSSR count). The van der Waals surface area contributed by atoms with E-state index in [-0.39, 0.29) is 17.7 Å². The number of ether oxygens (including phenoxy) is 3. The SMILES string of the molecule is COc1cc2c(cc1OC)[C@@H]1CCCC[C@@H]1N=C2c1ccc(OC(F)F)c2oc(C(C)C)cc12. The fourth-order valence-electron chi connectivity index (χ4n) is 5.28. The molecule has 0 N–H and O–H groups in total. The Labute approximate surface area is 197 Å². The van der Waals surface area contributed by atoms with Crippen molar-refractivity contribution in [1.82, 2.24) is 0 Å². The van der Waals surface area contributed by atoms with Crippen LogP contribution in [0, 0.1) is 0 Å². The number of fused-ring (bicyclic) bond motifs is 4. The summed E-state index contributed by atoms with van der Waals surface area (Å²) in [4.78, 5) is 5.23. The van der Waals surface area contributed by atoms with Crippen LogP contribution in [0.3, 0.4) is 0 Å². The van der Waals surface area contributed by atoms with Crippen LogP contribution in [0.15, 0.2) is 39.7 Å². The fraction of sp³-hybridized carbons (Fsp3) is 0.444. The van der Waals surface area contributed by atoms with E-state index in [1.807, 2.05) is 32.0 Å². The molecule has 2 atom stereocenters. The van der Waals surface area contributed by atoms with Gasteiger partial charge in [-0.05, 0) is 48.7 Å². The monoisotopic (exact) mass is 469 g/mol. The predicted octanol–water partition coefficient (Wildman–Crippen LogP) is 7.05. The van der Waals surface area contributed by atoms with E-state index in [9.17, 15) is 8.78 Å². The summed E-state index contributed by atoms with van der Waals surface area (Å²) in [6.45, 7) is 1.07. The third kappa shape index (κ3) is 3.81. The van der Waals surface area contributed by atoms with Crippen LogP contribution in [0.2, 0.25) is 0 Å². The van der Waals surface area contributed by atoms with Gasteiger partial charge < -0.3 is 18.6 Å². The number of methoxy groups -OCH3 is 2. The van der Waals surface area contributed by atoms with Gasteiger partial charge in [-0.2, -0.15) is 8.78 Å². The first-order valence-electron chi connectivity index (χ1n) is 11.8. The van der Waals surface area contributed by atoms with Gasteiger partial charge in [0.2, 0.25) is 0 Å². The second-order valence-corrected chi connectivity index (χ2v) is 9.27. The quantitative estimate of drug-likeness (QED) is 0.388. The number of nitrogens with zero attached hydrogens (tertiary/aromatic N) is 1. The molecular formula is C27H29F2NO4. The average molecular weight is 470 g/mol. The van der Waals surface area contributed by atoms with Crippen LogP contribution >= 0.6 is 0 Å². The molecule has 0 spiro atoms. The second kappa shape index (κ2) is 8.93. The summed E-state index contributed by atoms with van der Waals surface area (Å²) >= 11 is 0. The normalized spacial score (nSPS) is 19.7. The lowest BCUT2D eigenvalue weighted by atomic mass is 9.74. The number of benzene rings is 2. The number of hydrogen-bond donors (Lipinski definition) is 0. The lowest BCUT2D eigenvalue weighted by molar-refractivity contribution is -0.0494. The molecule has 1 saturated carbocycles. The maximum atomic E-state index is 13.1. The fourth-order valence-corrected chi connectivity index (χ4v) is 5.28.